The Morgan fingerprint density at radius 3 is 2.40 bits per heavy atom. The molecule has 0 radical (unpaired) electrons. The van der Waals surface area contributed by atoms with Crippen molar-refractivity contribution in [3.05, 3.63) is 63.4 Å². The number of carbonyl (C=O) groups is 1. The summed E-state index contributed by atoms with van der Waals surface area (Å²) < 4.78 is 18.6. The molecule has 0 aromatic heterocycles. The minimum Gasteiger partial charge on any atom is -0.489 e. The van der Waals surface area contributed by atoms with Crippen LogP contribution in [0.3, 0.4) is 0 Å². The van der Waals surface area contributed by atoms with Crippen LogP contribution in [0.25, 0.3) is 0 Å². The molecule has 2 aromatic carbocycles. The average Bonchev–Trinajstić information content (AvgIpc) is 2.35. The zero-order valence-electron chi connectivity index (χ0n) is 10.1. The van der Waals surface area contributed by atoms with Gasteiger partial charge in [0.1, 0.15) is 18.2 Å². The van der Waals surface area contributed by atoms with Gasteiger partial charge in [0.05, 0.1) is 5.56 Å². The molecule has 0 atom stereocenters. The first-order chi connectivity index (χ1) is 9.45. The highest BCUT2D eigenvalue weighted by Gasteiger charge is 2.11. The number of rotatable bonds is 4. The second-order valence-electron chi connectivity index (χ2n) is 4.00. The number of hydrogen-bond acceptors (Lipinski definition) is 2. The van der Waals surface area contributed by atoms with Crippen LogP contribution in [-0.2, 0) is 6.61 Å². The monoisotopic (exact) mass is 314 g/mol. The van der Waals surface area contributed by atoms with Gasteiger partial charge in [-0.3, -0.25) is 0 Å². The Kier molecular flexibility index (Phi) is 4.47. The first-order valence-electron chi connectivity index (χ1n) is 5.56. The van der Waals surface area contributed by atoms with E-state index in [2.05, 4.69) is 0 Å². The summed E-state index contributed by atoms with van der Waals surface area (Å²) in [5.74, 6) is -1.30. The van der Waals surface area contributed by atoms with Gasteiger partial charge in [-0.05, 0) is 36.4 Å². The van der Waals surface area contributed by atoms with Crippen molar-refractivity contribution in [1.29, 1.82) is 0 Å². The van der Waals surface area contributed by atoms with Crippen molar-refractivity contribution >= 4 is 29.2 Å². The maximum atomic E-state index is 13.2. The Bertz CT molecular complexity index is 639. The van der Waals surface area contributed by atoms with E-state index in [0.717, 1.165) is 12.1 Å². The summed E-state index contributed by atoms with van der Waals surface area (Å²) >= 11 is 11.6. The van der Waals surface area contributed by atoms with Crippen LogP contribution in [0.2, 0.25) is 10.0 Å². The number of hydrogen-bond donors (Lipinski definition) is 1. The van der Waals surface area contributed by atoms with E-state index in [1.54, 1.807) is 6.07 Å². The maximum Gasteiger partial charge on any atom is 0.336 e. The number of ether oxygens (including phenoxy) is 1. The molecular formula is C14H9Cl2FO3. The lowest BCUT2D eigenvalue weighted by Crippen LogP contribution is -2.06. The fourth-order valence-electron chi connectivity index (χ4n) is 1.66. The third-order valence-corrected chi connectivity index (χ3v) is 2.96. The molecule has 2 aromatic rings. The lowest BCUT2D eigenvalue weighted by molar-refractivity contribution is 0.0694. The molecule has 0 spiro atoms. The molecule has 6 heteroatoms. The van der Waals surface area contributed by atoms with Crippen molar-refractivity contribution < 1.29 is 19.0 Å². The van der Waals surface area contributed by atoms with Crippen LogP contribution in [0.5, 0.6) is 5.75 Å². The summed E-state index contributed by atoms with van der Waals surface area (Å²) in [7, 11) is 0. The van der Waals surface area contributed by atoms with E-state index in [4.69, 9.17) is 33.0 Å². The molecule has 0 unspecified atom stereocenters. The van der Waals surface area contributed by atoms with Crippen molar-refractivity contribution in [3.8, 4) is 5.75 Å². The largest absolute Gasteiger partial charge is 0.489 e. The number of aromatic carboxylic acids is 1. The smallest absolute Gasteiger partial charge is 0.336 e. The summed E-state index contributed by atoms with van der Waals surface area (Å²) in [5.41, 5.74) is 0.216. The lowest BCUT2D eigenvalue weighted by Gasteiger charge is -2.09. The SMILES string of the molecule is O=C(O)c1ccc(F)cc1COc1cc(Cl)cc(Cl)c1. The Morgan fingerprint density at radius 2 is 1.80 bits per heavy atom. The highest BCUT2D eigenvalue weighted by Crippen LogP contribution is 2.25. The molecule has 1 N–H and O–H groups in total. The van der Waals surface area contributed by atoms with Crippen LogP contribution in [0.1, 0.15) is 15.9 Å². The number of carboxylic acids is 1. The molecule has 3 nitrogen and oxygen atoms in total. The highest BCUT2D eigenvalue weighted by atomic mass is 35.5. The molecule has 0 fully saturated rings. The molecular weight excluding hydrogens is 306 g/mol. The van der Waals surface area contributed by atoms with Crippen molar-refractivity contribution in [2.45, 2.75) is 6.61 Å². The normalized spacial score (nSPS) is 10.3. The van der Waals surface area contributed by atoms with E-state index < -0.39 is 11.8 Å². The molecule has 0 aliphatic carbocycles. The van der Waals surface area contributed by atoms with Crippen molar-refractivity contribution in [2.75, 3.05) is 0 Å². The van der Waals surface area contributed by atoms with Crippen molar-refractivity contribution in [2.24, 2.45) is 0 Å². The molecule has 0 aliphatic rings. The zero-order chi connectivity index (χ0) is 14.7. The third kappa shape index (κ3) is 3.62. The van der Waals surface area contributed by atoms with E-state index in [1.807, 2.05) is 0 Å². The molecule has 0 saturated carbocycles. The van der Waals surface area contributed by atoms with Gasteiger partial charge in [-0.1, -0.05) is 23.2 Å². The second kappa shape index (κ2) is 6.11. The van der Waals surface area contributed by atoms with Gasteiger partial charge in [-0.25, -0.2) is 9.18 Å². The fourth-order valence-corrected chi connectivity index (χ4v) is 2.17. The summed E-state index contributed by atoms with van der Waals surface area (Å²) in [6.07, 6.45) is 0. The highest BCUT2D eigenvalue weighted by molar-refractivity contribution is 6.34. The summed E-state index contributed by atoms with van der Waals surface area (Å²) in [4.78, 5) is 11.0. The fraction of sp³-hybridized carbons (Fsp3) is 0.0714. The molecule has 0 heterocycles. The molecule has 20 heavy (non-hydrogen) atoms. The summed E-state index contributed by atoms with van der Waals surface area (Å²) in [6, 6.07) is 8.02. The van der Waals surface area contributed by atoms with Gasteiger partial charge >= 0.3 is 5.97 Å². The molecule has 2 rings (SSSR count). The Hall–Kier alpha value is -1.78. The van der Waals surface area contributed by atoms with Crippen LogP contribution in [0.4, 0.5) is 4.39 Å². The minimum atomic E-state index is -1.15. The predicted octanol–water partition coefficient (Wildman–Crippen LogP) is 4.41. The average molecular weight is 315 g/mol. The Labute approximate surface area is 124 Å². The first kappa shape index (κ1) is 14.6. The van der Waals surface area contributed by atoms with Crippen LogP contribution in [0.15, 0.2) is 36.4 Å². The maximum absolute atomic E-state index is 13.2. The molecule has 0 bridgehead atoms. The van der Waals surface area contributed by atoms with Gasteiger partial charge in [-0.15, -0.1) is 0 Å². The third-order valence-electron chi connectivity index (χ3n) is 2.53. The van der Waals surface area contributed by atoms with Crippen molar-refractivity contribution in [3.63, 3.8) is 0 Å². The van der Waals surface area contributed by atoms with Crippen LogP contribution in [-0.4, -0.2) is 11.1 Å². The van der Waals surface area contributed by atoms with Crippen LogP contribution >= 0.6 is 23.2 Å². The second-order valence-corrected chi connectivity index (χ2v) is 4.87. The number of halogens is 3. The Morgan fingerprint density at radius 1 is 1.15 bits per heavy atom. The molecule has 0 aliphatic heterocycles. The van der Waals surface area contributed by atoms with Gasteiger partial charge in [0, 0.05) is 15.6 Å². The van der Waals surface area contributed by atoms with Crippen LogP contribution < -0.4 is 4.74 Å². The van der Waals surface area contributed by atoms with E-state index in [9.17, 15) is 9.18 Å². The topological polar surface area (TPSA) is 46.5 Å². The van der Waals surface area contributed by atoms with Gasteiger partial charge in [0.25, 0.3) is 0 Å². The van der Waals surface area contributed by atoms with Gasteiger partial charge in [0.15, 0.2) is 0 Å². The van der Waals surface area contributed by atoms with Gasteiger partial charge in [-0.2, -0.15) is 0 Å². The van der Waals surface area contributed by atoms with Crippen molar-refractivity contribution in [1.82, 2.24) is 0 Å². The zero-order valence-corrected chi connectivity index (χ0v) is 11.6. The Balaban J connectivity index is 2.22. The van der Waals surface area contributed by atoms with Gasteiger partial charge in [0.2, 0.25) is 0 Å². The van der Waals surface area contributed by atoms with E-state index in [-0.39, 0.29) is 17.7 Å². The number of carboxylic acid groups (broad SMARTS) is 1. The van der Waals surface area contributed by atoms with Gasteiger partial charge < -0.3 is 9.84 Å². The quantitative estimate of drug-likeness (QED) is 0.909. The molecule has 0 saturated heterocycles. The minimum absolute atomic E-state index is 0.0143. The van der Waals surface area contributed by atoms with E-state index >= 15 is 0 Å². The predicted molar refractivity (Wildman–Crippen MR) is 74.2 cm³/mol. The first-order valence-corrected chi connectivity index (χ1v) is 6.32. The van der Waals surface area contributed by atoms with E-state index in [0.29, 0.717) is 15.8 Å². The number of benzene rings is 2. The van der Waals surface area contributed by atoms with Crippen LogP contribution in [0, 0.1) is 5.82 Å². The van der Waals surface area contributed by atoms with E-state index in [1.165, 1.54) is 18.2 Å². The summed E-state index contributed by atoms with van der Waals surface area (Å²) in [6.45, 7) is -0.101. The summed E-state index contributed by atoms with van der Waals surface area (Å²) in [5, 5.41) is 9.81. The molecule has 104 valence electrons. The molecule has 0 amide bonds. The standard InChI is InChI=1S/C14H9Cl2FO3/c15-9-4-10(16)6-12(5-9)20-7-8-3-11(17)1-2-13(8)14(18)19/h1-6H,7H2,(H,18,19). The lowest BCUT2D eigenvalue weighted by atomic mass is 10.1.